The number of hydrogen-bond donors (Lipinski definition) is 1. The highest BCUT2D eigenvalue weighted by Gasteiger charge is 2.23. The smallest absolute Gasteiger partial charge is 0.211 e. The maximum absolute atomic E-state index is 13.1. The van der Waals surface area contributed by atoms with E-state index in [1.165, 1.54) is 22.7 Å². The van der Waals surface area contributed by atoms with E-state index in [1.807, 2.05) is 0 Å². The molecule has 0 radical (unpaired) electrons. The van der Waals surface area contributed by atoms with E-state index in [-0.39, 0.29) is 5.82 Å². The van der Waals surface area contributed by atoms with E-state index in [9.17, 15) is 17.9 Å². The maximum atomic E-state index is 13.1. The van der Waals surface area contributed by atoms with Gasteiger partial charge in [0, 0.05) is 32.7 Å². The molecule has 118 valence electrons. The number of hydrogen-bond acceptors (Lipinski definition) is 4. The summed E-state index contributed by atoms with van der Waals surface area (Å²) in [5.74, 6) is -0.353. The van der Waals surface area contributed by atoms with E-state index >= 15 is 0 Å². The third-order valence-corrected chi connectivity index (χ3v) is 5.06. The fourth-order valence-corrected chi connectivity index (χ4v) is 3.30. The van der Waals surface area contributed by atoms with Crippen molar-refractivity contribution in [2.75, 3.05) is 39.0 Å². The van der Waals surface area contributed by atoms with Gasteiger partial charge in [-0.25, -0.2) is 12.8 Å². The van der Waals surface area contributed by atoms with Crippen molar-refractivity contribution in [2.24, 2.45) is 0 Å². The number of nitrogens with zero attached hydrogens (tertiary/aromatic N) is 2. The van der Waals surface area contributed by atoms with E-state index < -0.39 is 16.1 Å². The van der Waals surface area contributed by atoms with Crippen molar-refractivity contribution >= 4 is 10.0 Å². The summed E-state index contributed by atoms with van der Waals surface area (Å²) in [5.41, 5.74) is 0.574. The van der Waals surface area contributed by atoms with Gasteiger partial charge in [0.15, 0.2) is 0 Å². The van der Waals surface area contributed by atoms with Crippen LogP contribution < -0.4 is 0 Å². The van der Waals surface area contributed by atoms with Crippen LogP contribution in [0.1, 0.15) is 18.1 Å². The summed E-state index contributed by atoms with van der Waals surface area (Å²) in [6, 6.07) is 5.97. The molecule has 1 aromatic rings. The van der Waals surface area contributed by atoms with Gasteiger partial charge < -0.3 is 10.0 Å². The summed E-state index contributed by atoms with van der Waals surface area (Å²) in [5, 5.41) is 10.1. The molecule has 7 heteroatoms. The molecule has 0 aromatic heterocycles. The van der Waals surface area contributed by atoms with Crippen LogP contribution in [-0.4, -0.2) is 61.7 Å². The molecule has 1 saturated heterocycles. The number of aliphatic hydroxyl groups excluding tert-OH is 1. The van der Waals surface area contributed by atoms with Gasteiger partial charge in [-0.2, -0.15) is 4.31 Å². The quantitative estimate of drug-likeness (QED) is 0.874. The van der Waals surface area contributed by atoms with Crippen LogP contribution in [0.4, 0.5) is 4.39 Å². The molecular weight excluding hydrogens is 295 g/mol. The average molecular weight is 316 g/mol. The fourth-order valence-electron chi connectivity index (χ4n) is 2.47. The highest BCUT2D eigenvalue weighted by Crippen LogP contribution is 2.18. The number of rotatable bonds is 5. The van der Waals surface area contributed by atoms with Gasteiger partial charge in [-0.1, -0.05) is 12.1 Å². The molecule has 0 spiro atoms. The number of piperazine rings is 1. The second-order valence-corrected chi connectivity index (χ2v) is 7.35. The van der Waals surface area contributed by atoms with Crippen LogP contribution in [0.5, 0.6) is 0 Å². The molecule has 0 amide bonds. The standard InChI is InChI=1S/C14H21FN2O3S/c1-21(19,20)17-9-7-16(8-10-17)6-5-14(18)12-3-2-4-13(15)11-12/h2-4,11,14,18H,5-10H2,1H3. The summed E-state index contributed by atoms with van der Waals surface area (Å²) in [6.07, 6.45) is 1.02. The van der Waals surface area contributed by atoms with Crippen molar-refractivity contribution in [3.8, 4) is 0 Å². The Morgan fingerprint density at radius 2 is 1.95 bits per heavy atom. The van der Waals surface area contributed by atoms with Crippen LogP contribution in [0, 0.1) is 5.82 Å². The van der Waals surface area contributed by atoms with Gasteiger partial charge in [0.05, 0.1) is 12.4 Å². The fraction of sp³-hybridized carbons (Fsp3) is 0.571. The van der Waals surface area contributed by atoms with Crippen LogP contribution in [0.15, 0.2) is 24.3 Å². The van der Waals surface area contributed by atoms with E-state index in [2.05, 4.69) is 4.90 Å². The van der Waals surface area contributed by atoms with E-state index in [4.69, 9.17) is 0 Å². The highest BCUT2D eigenvalue weighted by molar-refractivity contribution is 7.88. The van der Waals surface area contributed by atoms with Crippen LogP contribution in [0.2, 0.25) is 0 Å². The molecule has 5 nitrogen and oxygen atoms in total. The van der Waals surface area contributed by atoms with Crippen molar-refractivity contribution in [3.63, 3.8) is 0 Å². The Morgan fingerprint density at radius 3 is 2.52 bits per heavy atom. The predicted molar refractivity (Wildman–Crippen MR) is 78.8 cm³/mol. The van der Waals surface area contributed by atoms with Crippen LogP contribution in [0.3, 0.4) is 0 Å². The summed E-state index contributed by atoms with van der Waals surface area (Å²) >= 11 is 0. The summed E-state index contributed by atoms with van der Waals surface area (Å²) in [4.78, 5) is 2.12. The van der Waals surface area contributed by atoms with Gasteiger partial charge in [0.1, 0.15) is 5.82 Å². The Morgan fingerprint density at radius 1 is 1.29 bits per heavy atom. The minimum atomic E-state index is -3.11. The zero-order chi connectivity index (χ0) is 15.5. The van der Waals surface area contributed by atoms with Crippen molar-refractivity contribution in [1.82, 2.24) is 9.21 Å². The first-order valence-corrected chi connectivity index (χ1v) is 8.82. The van der Waals surface area contributed by atoms with Crippen molar-refractivity contribution in [1.29, 1.82) is 0 Å². The lowest BCUT2D eigenvalue weighted by molar-refractivity contribution is 0.125. The van der Waals surface area contributed by atoms with Crippen LogP contribution >= 0.6 is 0 Å². The predicted octanol–water partition coefficient (Wildman–Crippen LogP) is 0.826. The van der Waals surface area contributed by atoms with Gasteiger partial charge >= 0.3 is 0 Å². The van der Waals surface area contributed by atoms with Gasteiger partial charge in [-0.05, 0) is 24.1 Å². The van der Waals surface area contributed by atoms with E-state index in [1.54, 1.807) is 12.1 Å². The van der Waals surface area contributed by atoms with Crippen molar-refractivity contribution in [2.45, 2.75) is 12.5 Å². The second-order valence-electron chi connectivity index (χ2n) is 5.36. The zero-order valence-electron chi connectivity index (χ0n) is 12.1. The Hall–Kier alpha value is -1.02. The van der Waals surface area contributed by atoms with Gasteiger partial charge in [-0.15, -0.1) is 0 Å². The van der Waals surface area contributed by atoms with Crippen molar-refractivity contribution in [3.05, 3.63) is 35.6 Å². The largest absolute Gasteiger partial charge is 0.388 e. The number of benzene rings is 1. The number of sulfonamides is 1. The monoisotopic (exact) mass is 316 g/mol. The number of aliphatic hydroxyl groups is 1. The van der Waals surface area contributed by atoms with E-state index in [0.29, 0.717) is 44.7 Å². The topological polar surface area (TPSA) is 60.9 Å². The molecular formula is C14H21FN2O3S. The first kappa shape index (κ1) is 16.4. The molecule has 0 bridgehead atoms. The SMILES string of the molecule is CS(=O)(=O)N1CCN(CCC(O)c2cccc(F)c2)CC1. The lowest BCUT2D eigenvalue weighted by Crippen LogP contribution is -2.48. The van der Waals surface area contributed by atoms with Gasteiger partial charge in [-0.3, -0.25) is 0 Å². The molecule has 21 heavy (non-hydrogen) atoms. The summed E-state index contributed by atoms with van der Waals surface area (Å²) < 4.78 is 37.4. The highest BCUT2D eigenvalue weighted by atomic mass is 32.2. The maximum Gasteiger partial charge on any atom is 0.211 e. The molecule has 1 aromatic carbocycles. The van der Waals surface area contributed by atoms with Gasteiger partial charge in [0.25, 0.3) is 0 Å². The lowest BCUT2D eigenvalue weighted by Gasteiger charge is -2.33. The second kappa shape index (κ2) is 6.83. The Labute approximate surface area is 125 Å². The minimum Gasteiger partial charge on any atom is -0.388 e. The Balaban J connectivity index is 1.80. The van der Waals surface area contributed by atoms with E-state index in [0.717, 1.165) is 0 Å². The molecule has 1 aliphatic rings. The zero-order valence-corrected chi connectivity index (χ0v) is 12.9. The summed E-state index contributed by atoms with van der Waals surface area (Å²) in [6.45, 7) is 2.94. The molecule has 1 fully saturated rings. The Kier molecular flexibility index (Phi) is 5.32. The first-order valence-electron chi connectivity index (χ1n) is 6.97. The first-order chi connectivity index (χ1) is 9.86. The van der Waals surface area contributed by atoms with Gasteiger partial charge in [0.2, 0.25) is 10.0 Å². The van der Waals surface area contributed by atoms with Crippen LogP contribution in [0.25, 0.3) is 0 Å². The molecule has 1 heterocycles. The normalized spacial score (nSPS) is 19.6. The molecule has 1 atom stereocenters. The summed E-state index contributed by atoms with van der Waals surface area (Å²) in [7, 11) is -3.11. The molecule has 0 aliphatic carbocycles. The number of halogens is 1. The lowest BCUT2D eigenvalue weighted by atomic mass is 10.1. The minimum absolute atomic E-state index is 0.353. The third kappa shape index (κ3) is 4.74. The van der Waals surface area contributed by atoms with Crippen LogP contribution in [-0.2, 0) is 10.0 Å². The average Bonchev–Trinajstić information content (AvgIpc) is 2.44. The molecule has 1 aliphatic heterocycles. The molecule has 1 unspecified atom stereocenters. The molecule has 1 N–H and O–H groups in total. The molecule has 2 rings (SSSR count). The molecule has 0 saturated carbocycles. The third-order valence-electron chi connectivity index (χ3n) is 3.75. The van der Waals surface area contributed by atoms with Crippen molar-refractivity contribution < 1.29 is 17.9 Å². The Bertz CT molecular complexity index is 571.